The highest BCUT2D eigenvalue weighted by Gasteiger charge is 1.97. The maximum atomic E-state index is 8.89. The highest BCUT2D eigenvalue weighted by Crippen LogP contribution is 2.13. The van der Waals surface area contributed by atoms with Crippen LogP contribution < -0.4 is 4.74 Å². The van der Waals surface area contributed by atoms with Crippen molar-refractivity contribution < 1.29 is 9.47 Å². The number of methoxy groups -OCH3 is 1. The van der Waals surface area contributed by atoms with Gasteiger partial charge in [-0.25, -0.2) is 0 Å². The van der Waals surface area contributed by atoms with Gasteiger partial charge in [0, 0.05) is 6.61 Å². The van der Waals surface area contributed by atoms with Crippen molar-refractivity contribution in [3.8, 4) is 11.8 Å². The number of hydrogen-bond donors (Lipinski definition) is 0. The van der Waals surface area contributed by atoms with Crippen LogP contribution in [-0.2, 0) is 4.74 Å². The van der Waals surface area contributed by atoms with Crippen molar-refractivity contribution in [2.24, 2.45) is 0 Å². The number of rotatable bonds is 5. The lowest BCUT2D eigenvalue weighted by Gasteiger charge is -2.01. The summed E-state index contributed by atoms with van der Waals surface area (Å²) in [5.74, 6) is 0.806. The lowest BCUT2D eigenvalue weighted by atomic mass is 10.1. The second-order valence-electron chi connectivity index (χ2n) is 3.19. The second kappa shape index (κ2) is 6.65. The Hall–Kier alpha value is -1.79. The van der Waals surface area contributed by atoms with Crippen LogP contribution >= 0.6 is 0 Å². The van der Waals surface area contributed by atoms with E-state index >= 15 is 0 Å². The first-order valence-corrected chi connectivity index (χ1v) is 5.12. The third kappa shape index (κ3) is 3.76. The highest BCUT2D eigenvalue weighted by molar-refractivity contribution is 5.57. The Balaban J connectivity index is 2.75. The number of benzene rings is 1. The van der Waals surface area contributed by atoms with Crippen LogP contribution in [0.25, 0.3) is 6.08 Å². The van der Waals surface area contributed by atoms with Gasteiger partial charge in [0.1, 0.15) is 5.75 Å². The highest BCUT2D eigenvalue weighted by atomic mass is 16.5. The van der Waals surface area contributed by atoms with Gasteiger partial charge in [0.05, 0.1) is 25.4 Å². The average Bonchev–Trinajstić information content (AvgIpc) is 2.35. The first kappa shape index (κ1) is 12.3. The third-order valence-corrected chi connectivity index (χ3v) is 2.06. The minimum absolute atomic E-state index is 0.360. The molecule has 0 amide bonds. The Kier molecular flexibility index (Phi) is 5.10. The molecule has 0 saturated heterocycles. The Labute approximate surface area is 95.9 Å². The van der Waals surface area contributed by atoms with Crippen molar-refractivity contribution in [2.45, 2.75) is 6.92 Å². The van der Waals surface area contributed by atoms with Gasteiger partial charge in [-0.3, -0.25) is 0 Å². The van der Waals surface area contributed by atoms with Gasteiger partial charge >= 0.3 is 0 Å². The van der Waals surface area contributed by atoms with Crippen LogP contribution in [0.4, 0.5) is 0 Å². The summed E-state index contributed by atoms with van der Waals surface area (Å²) in [6.45, 7) is 2.88. The Morgan fingerprint density at radius 1 is 1.38 bits per heavy atom. The first-order valence-electron chi connectivity index (χ1n) is 5.12. The van der Waals surface area contributed by atoms with Gasteiger partial charge in [0.15, 0.2) is 0 Å². The molecule has 3 heteroatoms. The number of nitriles is 1. The fraction of sp³-hybridized carbons (Fsp3) is 0.308. The molecule has 16 heavy (non-hydrogen) atoms. The molecular weight excluding hydrogens is 202 g/mol. The summed E-state index contributed by atoms with van der Waals surface area (Å²) in [4.78, 5) is 0. The van der Waals surface area contributed by atoms with E-state index in [0.717, 1.165) is 11.3 Å². The number of nitrogens with zero attached hydrogens (tertiary/aromatic N) is 1. The summed E-state index contributed by atoms with van der Waals surface area (Å²) in [6, 6.07) is 9.65. The molecular formula is C13H15NO2. The molecule has 0 saturated carbocycles. The van der Waals surface area contributed by atoms with E-state index in [1.807, 2.05) is 37.3 Å². The van der Waals surface area contributed by atoms with E-state index in [-0.39, 0.29) is 0 Å². The molecule has 0 aromatic heterocycles. The molecule has 1 aromatic rings. The van der Waals surface area contributed by atoms with Crippen molar-refractivity contribution in [1.29, 1.82) is 5.26 Å². The van der Waals surface area contributed by atoms with Crippen molar-refractivity contribution in [2.75, 3.05) is 20.3 Å². The monoisotopic (exact) mass is 217 g/mol. The van der Waals surface area contributed by atoms with E-state index in [1.54, 1.807) is 7.11 Å². The van der Waals surface area contributed by atoms with Crippen LogP contribution in [0.3, 0.4) is 0 Å². The fourth-order valence-corrected chi connectivity index (χ4v) is 1.22. The predicted octanol–water partition coefficient (Wildman–Crippen LogP) is 2.64. The van der Waals surface area contributed by atoms with Gasteiger partial charge in [-0.15, -0.1) is 0 Å². The Morgan fingerprint density at radius 3 is 2.56 bits per heavy atom. The Morgan fingerprint density at radius 2 is 2.06 bits per heavy atom. The standard InChI is InChI=1S/C13H15NO2/c1-3-16-10-12(9-14)8-11-4-6-13(15-2)7-5-11/h4-8H,3,10H2,1-2H3. The van der Waals surface area contributed by atoms with E-state index in [0.29, 0.717) is 18.8 Å². The van der Waals surface area contributed by atoms with E-state index in [4.69, 9.17) is 14.7 Å². The molecule has 0 aliphatic rings. The molecule has 3 nitrogen and oxygen atoms in total. The summed E-state index contributed by atoms with van der Waals surface area (Å²) < 4.78 is 10.2. The molecule has 0 radical (unpaired) electrons. The summed E-state index contributed by atoms with van der Waals surface area (Å²) in [5, 5.41) is 8.89. The topological polar surface area (TPSA) is 42.2 Å². The third-order valence-electron chi connectivity index (χ3n) is 2.06. The van der Waals surface area contributed by atoms with E-state index in [9.17, 15) is 0 Å². The zero-order valence-corrected chi connectivity index (χ0v) is 9.56. The second-order valence-corrected chi connectivity index (χ2v) is 3.19. The van der Waals surface area contributed by atoms with Gasteiger partial charge in [-0.05, 0) is 30.7 Å². The first-order chi connectivity index (χ1) is 7.80. The quantitative estimate of drug-likeness (QED) is 0.712. The summed E-state index contributed by atoms with van der Waals surface area (Å²) in [7, 11) is 1.63. The predicted molar refractivity (Wildman–Crippen MR) is 63.1 cm³/mol. The minimum Gasteiger partial charge on any atom is -0.497 e. The number of ether oxygens (including phenoxy) is 2. The van der Waals surface area contributed by atoms with Crippen LogP contribution in [0.1, 0.15) is 12.5 Å². The largest absolute Gasteiger partial charge is 0.497 e. The molecule has 1 rings (SSSR count). The molecule has 0 spiro atoms. The van der Waals surface area contributed by atoms with Gasteiger partial charge in [0.2, 0.25) is 0 Å². The molecule has 0 unspecified atom stereocenters. The maximum absolute atomic E-state index is 8.89. The van der Waals surface area contributed by atoms with E-state index in [2.05, 4.69) is 6.07 Å². The van der Waals surface area contributed by atoms with Crippen molar-refractivity contribution in [3.05, 3.63) is 35.4 Å². The molecule has 0 aliphatic heterocycles. The Bertz CT molecular complexity index is 387. The zero-order valence-electron chi connectivity index (χ0n) is 9.56. The molecule has 0 fully saturated rings. The van der Waals surface area contributed by atoms with Crippen LogP contribution in [0.2, 0.25) is 0 Å². The normalized spacial score (nSPS) is 10.9. The van der Waals surface area contributed by atoms with Crippen LogP contribution in [-0.4, -0.2) is 20.3 Å². The summed E-state index contributed by atoms with van der Waals surface area (Å²) in [5.41, 5.74) is 1.59. The maximum Gasteiger partial charge on any atom is 0.118 e. The SMILES string of the molecule is CCOCC(C#N)=Cc1ccc(OC)cc1. The average molecular weight is 217 g/mol. The lowest BCUT2D eigenvalue weighted by molar-refractivity contribution is 0.174. The smallest absolute Gasteiger partial charge is 0.118 e. The van der Waals surface area contributed by atoms with Gasteiger partial charge in [0.25, 0.3) is 0 Å². The van der Waals surface area contributed by atoms with E-state index < -0.39 is 0 Å². The van der Waals surface area contributed by atoms with Crippen molar-refractivity contribution in [1.82, 2.24) is 0 Å². The molecule has 0 aliphatic carbocycles. The molecule has 0 N–H and O–H groups in total. The van der Waals surface area contributed by atoms with E-state index in [1.165, 1.54) is 0 Å². The lowest BCUT2D eigenvalue weighted by Crippen LogP contribution is -1.95. The molecule has 0 bridgehead atoms. The van der Waals surface area contributed by atoms with Crippen LogP contribution in [0.15, 0.2) is 29.8 Å². The summed E-state index contributed by atoms with van der Waals surface area (Å²) >= 11 is 0. The zero-order chi connectivity index (χ0) is 11.8. The van der Waals surface area contributed by atoms with Gasteiger partial charge in [-0.2, -0.15) is 5.26 Å². The molecule has 84 valence electrons. The molecule has 0 atom stereocenters. The minimum atomic E-state index is 0.360. The molecule has 1 aromatic carbocycles. The van der Waals surface area contributed by atoms with Crippen LogP contribution in [0.5, 0.6) is 5.75 Å². The van der Waals surface area contributed by atoms with Crippen molar-refractivity contribution in [3.63, 3.8) is 0 Å². The molecule has 0 heterocycles. The number of hydrogen-bond acceptors (Lipinski definition) is 3. The van der Waals surface area contributed by atoms with Gasteiger partial charge in [-0.1, -0.05) is 12.1 Å². The van der Waals surface area contributed by atoms with Gasteiger partial charge < -0.3 is 9.47 Å². The summed E-state index contributed by atoms with van der Waals surface area (Å²) in [6.07, 6.45) is 1.81. The fourth-order valence-electron chi connectivity index (χ4n) is 1.22. The van der Waals surface area contributed by atoms with Crippen molar-refractivity contribution >= 4 is 6.08 Å². The van der Waals surface area contributed by atoms with Crippen LogP contribution in [0, 0.1) is 11.3 Å².